The molecule has 0 atom stereocenters. The van der Waals surface area contributed by atoms with E-state index in [0.717, 1.165) is 69.4 Å². The summed E-state index contributed by atoms with van der Waals surface area (Å²) in [4.78, 5) is 18.3. The summed E-state index contributed by atoms with van der Waals surface area (Å²) in [7, 11) is 2.15. The van der Waals surface area contributed by atoms with Crippen molar-refractivity contribution >= 4 is 17.5 Å². The van der Waals surface area contributed by atoms with E-state index in [2.05, 4.69) is 42.7 Å². The smallest absolute Gasteiger partial charge is 0.191 e. The molecule has 4 rings (SSSR count). The summed E-state index contributed by atoms with van der Waals surface area (Å²) < 4.78 is 13.1. The SMILES string of the molecule is CN1CCN(c2ncccc2CN=C(N)N2CCN(c3ccc(F)cc3)CC2)CC1. The second-order valence-corrected chi connectivity index (χ2v) is 7.90. The van der Waals surface area contributed by atoms with Crippen LogP contribution < -0.4 is 15.5 Å². The second kappa shape index (κ2) is 9.30. The van der Waals surface area contributed by atoms with Crippen molar-refractivity contribution in [1.29, 1.82) is 0 Å². The summed E-state index contributed by atoms with van der Waals surface area (Å²) in [5.41, 5.74) is 8.46. The molecule has 0 amide bonds. The number of nitrogens with two attached hydrogens (primary N) is 1. The number of halogens is 1. The van der Waals surface area contributed by atoms with Crippen molar-refractivity contribution in [2.24, 2.45) is 10.7 Å². The molecule has 0 spiro atoms. The number of pyridine rings is 1. The van der Waals surface area contributed by atoms with Gasteiger partial charge in [-0.2, -0.15) is 0 Å². The number of nitrogens with zero attached hydrogens (tertiary/aromatic N) is 6. The second-order valence-electron chi connectivity index (χ2n) is 7.90. The molecule has 2 aliphatic heterocycles. The molecule has 0 unspecified atom stereocenters. The van der Waals surface area contributed by atoms with Crippen LogP contribution in [0.25, 0.3) is 0 Å². The van der Waals surface area contributed by atoms with Crippen LogP contribution in [-0.4, -0.2) is 80.1 Å². The maximum atomic E-state index is 13.1. The largest absolute Gasteiger partial charge is 0.370 e. The van der Waals surface area contributed by atoms with Crippen molar-refractivity contribution in [3.8, 4) is 0 Å². The molecule has 2 saturated heterocycles. The quantitative estimate of drug-likeness (QED) is 0.609. The summed E-state index contributed by atoms with van der Waals surface area (Å²) >= 11 is 0. The Hall–Kier alpha value is -2.87. The molecular weight excluding hydrogens is 381 g/mol. The van der Waals surface area contributed by atoms with Gasteiger partial charge >= 0.3 is 0 Å². The van der Waals surface area contributed by atoms with Gasteiger partial charge in [-0.3, -0.25) is 0 Å². The van der Waals surface area contributed by atoms with Gasteiger partial charge in [0.15, 0.2) is 5.96 Å². The van der Waals surface area contributed by atoms with Crippen molar-refractivity contribution in [3.05, 3.63) is 54.0 Å². The lowest BCUT2D eigenvalue weighted by Gasteiger charge is -2.36. The predicted molar refractivity (Wildman–Crippen MR) is 119 cm³/mol. The molecule has 2 fully saturated rings. The summed E-state index contributed by atoms with van der Waals surface area (Å²) in [5, 5.41) is 0. The third kappa shape index (κ3) is 4.81. The van der Waals surface area contributed by atoms with Gasteiger partial charge < -0.3 is 25.3 Å². The van der Waals surface area contributed by atoms with Crippen LogP contribution in [0, 0.1) is 5.82 Å². The molecule has 0 radical (unpaired) electrons. The summed E-state index contributed by atoms with van der Waals surface area (Å²) in [5.74, 6) is 1.38. The Kier molecular flexibility index (Phi) is 6.32. The van der Waals surface area contributed by atoms with Gasteiger partial charge in [-0.1, -0.05) is 6.07 Å². The fourth-order valence-electron chi connectivity index (χ4n) is 3.97. The summed E-state index contributed by atoms with van der Waals surface area (Å²) in [6.07, 6.45) is 1.85. The minimum absolute atomic E-state index is 0.208. The first-order chi connectivity index (χ1) is 14.6. The van der Waals surface area contributed by atoms with Gasteiger partial charge in [-0.25, -0.2) is 14.4 Å². The number of anilines is 2. The van der Waals surface area contributed by atoms with Crippen molar-refractivity contribution in [2.45, 2.75) is 6.54 Å². The van der Waals surface area contributed by atoms with E-state index in [-0.39, 0.29) is 5.82 Å². The van der Waals surface area contributed by atoms with Gasteiger partial charge in [-0.15, -0.1) is 0 Å². The number of likely N-dealkylation sites (N-methyl/N-ethyl adjacent to an activating group) is 1. The Labute approximate surface area is 177 Å². The molecule has 2 aromatic rings. The standard InChI is InChI=1S/C22H30FN7/c1-27-9-11-29(12-10-27)21-18(3-2-8-25-21)17-26-22(24)30-15-13-28(14-16-30)20-6-4-19(23)5-7-20/h2-8H,9-17H2,1H3,(H2,24,26). The third-order valence-corrected chi connectivity index (χ3v) is 5.88. The molecule has 1 aromatic carbocycles. The van der Waals surface area contributed by atoms with Gasteiger partial charge in [0.25, 0.3) is 0 Å². The summed E-state index contributed by atoms with van der Waals surface area (Å²) in [6, 6.07) is 10.7. The number of aromatic nitrogens is 1. The Balaban J connectivity index is 1.35. The van der Waals surface area contributed by atoms with E-state index in [1.165, 1.54) is 12.1 Å². The molecule has 0 aliphatic carbocycles. The minimum Gasteiger partial charge on any atom is -0.370 e. The van der Waals surface area contributed by atoms with Crippen LogP contribution in [0.2, 0.25) is 0 Å². The molecule has 30 heavy (non-hydrogen) atoms. The first-order valence-corrected chi connectivity index (χ1v) is 10.5. The zero-order valence-corrected chi connectivity index (χ0v) is 17.5. The van der Waals surface area contributed by atoms with Crippen molar-refractivity contribution in [3.63, 3.8) is 0 Å². The van der Waals surface area contributed by atoms with Gasteiger partial charge in [0.2, 0.25) is 0 Å². The maximum Gasteiger partial charge on any atom is 0.191 e. The lowest BCUT2D eigenvalue weighted by Crippen LogP contribution is -2.51. The number of hydrogen-bond donors (Lipinski definition) is 1. The number of aliphatic imine (C=N–C) groups is 1. The predicted octanol–water partition coefficient (Wildman–Crippen LogP) is 1.61. The third-order valence-electron chi connectivity index (χ3n) is 5.88. The molecule has 0 bridgehead atoms. The van der Waals surface area contributed by atoms with E-state index in [1.807, 2.05) is 24.4 Å². The van der Waals surface area contributed by atoms with E-state index in [9.17, 15) is 4.39 Å². The molecule has 2 aliphatic rings. The highest BCUT2D eigenvalue weighted by Crippen LogP contribution is 2.20. The van der Waals surface area contributed by atoms with Crippen LogP contribution in [0.3, 0.4) is 0 Å². The molecular formula is C22H30FN7. The van der Waals surface area contributed by atoms with Gasteiger partial charge in [-0.05, 0) is 37.4 Å². The van der Waals surface area contributed by atoms with Crippen molar-refractivity contribution < 1.29 is 4.39 Å². The fourth-order valence-corrected chi connectivity index (χ4v) is 3.97. The molecule has 0 saturated carbocycles. The van der Waals surface area contributed by atoms with Crippen LogP contribution in [0.1, 0.15) is 5.56 Å². The van der Waals surface area contributed by atoms with Crippen molar-refractivity contribution in [2.75, 3.05) is 69.2 Å². The Morgan fingerprint density at radius 3 is 2.33 bits per heavy atom. The zero-order chi connectivity index (χ0) is 20.9. The normalized spacial score (nSPS) is 18.7. The zero-order valence-electron chi connectivity index (χ0n) is 17.5. The van der Waals surface area contributed by atoms with Crippen LogP contribution in [0.5, 0.6) is 0 Å². The molecule has 160 valence electrons. The van der Waals surface area contributed by atoms with Crippen LogP contribution in [0.4, 0.5) is 15.9 Å². The first kappa shape index (κ1) is 20.4. The van der Waals surface area contributed by atoms with E-state index in [0.29, 0.717) is 12.5 Å². The number of hydrogen-bond acceptors (Lipinski definition) is 5. The average Bonchev–Trinajstić information content (AvgIpc) is 2.79. The van der Waals surface area contributed by atoms with E-state index in [1.54, 1.807) is 0 Å². The van der Waals surface area contributed by atoms with E-state index in [4.69, 9.17) is 5.73 Å². The Morgan fingerprint density at radius 1 is 0.967 bits per heavy atom. The molecule has 1 aromatic heterocycles. The Bertz CT molecular complexity index is 854. The lowest BCUT2D eigenvalue weighted by molar-refractivity contribution is 0.312. The lowest BCUT2D eigenvalue weighted by atomic mass is 10.2. The molecule has 3 heterocycles. The number of benzene rings is 1. The maximum absolute atomic E-state index is 13.1. The monoisotopic (exact) mass is 411 g/mol. The topological polar surface area (TPSA) is 64.2 Å². The van der Waals surface area contributed by atoms with Crippen LogP contribution in [0.15, 0.2) is 47.6 Å². The van der Waals surface area contributed by atoms with Crippen LogP contribution in [-0.2, 0) is 6.54 Å². The Morgan fingerprint density at radius 2 is 1.63 bits per heavy atom. The first-order valence-electron chi connectivity index (χ1n) is 10.5. The van der Waals surface area contributed by atoms with E-state index < -0.39 is 0 Å². The average molecular weight is 412 g/mol. The number of rotatable bonds is 4. The van der Waals surface area contributed by atoms with Gasteiger partial charge in [0.1, 0.15) is 11.6 Å². The molecule has 8 heteroatoms. The fraction of sp³-hybridized carbons (Fsp3) is 0.455. The number of piperazine rings is 2. The number of guanidine groups is 1. The van der Waals surface area contributed by atoms with E-state index >= 15 is 0 Å². The highest BCUT2D eigenvalue weighted by Gasteiger charge is 2.20. The molecule has 7 nitrogen and oxygen atoms in total. The summed E-state index contributed by atoms with van der Waals surface area (Å²) in [6.45, 7) is 7.83. The molecule has 2 N–H and O–H groups in total. The minimum atomic E-state index is -0.208. The van der Waals surface area contributed by atoms with Gasteiger partial charge in [0.05, 0.1) is 6.54 Å². The van der Waals surface area contributed by atoms with Crippen molar-refractivity contribution in [1.82, 2.24) is 14.8 Å². The highest BCUT2D eigenvalue weighted by atomic mass is 19.1. The van der Waals surface area contributed by atoms with Gasteiger partial charge in [0, 0.05) is 69.8 Å². The highest BCUT2D eigenvalue weighted by molar-refractivity contribution is 5.78. The van der Waals surface area contributed by atoms with Crippen LogP contribution >= 0.6 is 0 Å².